The van der Waals surface area contributed by atoms with Crippen LogP contribution in [0.3, 0.4) is 0 Å². The first kappa shape index (κ1) is 18.4. The van der Waals surface area contributed by atoms with Gasteiger partial charge >= 0.3 is 0 Å². The molecule has 0 aliphatic heterocycles. The molecular formula is C20H20BrClN2. The molecule has 3 aromatic carbocycles. The highest BCUT2D eigenvalue weighted by Gasteiger charge is 1.97. The third kappa shape index (κ3) is 5.59. The van der Waals surface area contributed by atoms with E-state index in [1.807, 2.05) is 62.6 Å². The number of hydrogen-bond acceptors (Lipinski definition) is 2. The Balaban J connectivity index is 0.000000198. The third-order valence-corrected chi connectivity index (χ3v) is 4.26. The van der Waals surface area contributed by atoms with Crippen molar-refractivity contribution in [1.29, 1.82) is 0 Å². The summed E-state index contributed by atoms with van der Waals surface area (Å²) in [5.74, 6) is 0. The zero-order valence-electron chi connectivity index (χ0n) is 13.7. The summed E-state index contributed by atoms with van der Waals surface area (Å²) in [7, 11) is 3.82. The number of benzene rings is 3. The van der Waals surface area contributed by atoms with E-state index in [9.17, 15) is 0 Å². The standard InChI is InChI=1S/C13H12ClN.C7H8BrN/c1-15-13-8-4-11(5-9-13)10-2-6-12(14)7-3-10;1-9-7-4-2-6(8)3-5-7/h2-9,15H,1H3;2-5,9H,1H3. The first-order valence-corrected chi connectivity index (χ1v) is 8.76. The molecule has 0 aliphatic carbocycles. The summed E-state index contributed by atoms with van der Waals surface area (Å²) in [6.07, 6.45) is 0. The van der Waals surface area contributed by atoms with Crippen LogP contribution in [0.15, 0.2) is 77.3 Å². The molecule has 0 aliphatic rings. The second kappa shape index (κ2) is 9.36. The van der Waals surface area contributed by atoms with Gasteiger partial charge in [-0.25, -0.2) is 0 Å². The molecule has 3 aromatic rings. The smallest absolute Gasteiger partial charge is 0.0406 e. The van der Waals surface area contributed by atoms with Gasteiger partial charge in [-0.15, -0.1) is 0 Å². The van der Waals surface area contributed by atoms with Gasteiger partial charge in [0.1, 0.15) is 0 Å². The van der Waals surface area contributed by atoms with Crippen LogP contribution in [0.1, 0.15) is 0 Å². The van der Waals surface area contributed by atoms with Crippen molar-refractivity contribution in [3.63, 3.8) is 0 Å². The molecule has 0 atom stereocenters. The minimum absolute atomic E-state index is 0.769. The average molecular weight is 404 g/mol. The monoisotopic (exact) mass is 402 g/mol. The Morgan fingerprint density at radius 3 is 1.42 bits per heavy atom. The minimum atomic E-state index is 0.769. The van der Waals surface area contributed by atoms with Crippen molar-refractivity contribution in [3.05, 3.63) is 82.3 Å². The number of nitrogens with one attached hydrogen (secondary N) is 2. The molecule has 2 N–H and O–H groups in total. The molecule has 0 fully saturated rings. The number of rotatable bonds is 3. The van der Waals surface area contributed by atoms with Gasteiger partial charge < -0.3 is 10.6 Å². The van der Waals surface area contributed by atoms with Crippen LogP contribution >= 0.6 is 27.5 Å². The minimum Gasteiger partial charge on any atom is -0.388 e. The highest BCUT2D eigenvalue weighted by Crippen LogP contribution is 2.22. The molecular weight excluding hydrogens is 384 g/mol. The summed E-state index contributed by atoms with van der Waals surface area (Å²) in [6, 6.07) is 24.2. The zero-order chi connectivity index (χ0) is 17.4. The molecule has 0 saturated carbocycles. The van der Waals surface area contributed by atoms with E-state index in [1.54, 1.807) is 0 Å². The molecule has 0 bridgehead atoms. The highest BCUT2D eigenvalue weighted by atomic mass is 79.9. The van der Waals surface area contributed by atoms with Crippen LogP contribution in [0.2, 0.25) is 5.02 Å². The topological polar surface area (TPSA) is 24.1 Å². The van der Waals surface area contributed by atoms with Crippen LogP contribution in [0.4, 0.5) is 11.4 Å². The van der Waals surface area contributed by atoms with Crippen molar-refractivity contribution >= 4 is 38.9 Å². The quantitative estimate of drug-likeness (QED) is 0.519. The molecule has 0 saturated heterocycles. The van der Waals surface area contributed by atoms with Crippen molar-refractivity contribution in [2.75, 3.05) is 24.7 Å². The highest BCUT2D eigenvalue weighted by molar-refractivity contribution is 9.10. The Morgan fingerprint density at radius 2 is 1.00 bits per heavy atom. The van der Waals surface area contributed by atoms with E-state index in [0.29, 0.717) is 0 Å². The van der Waals surface area contributed by atoms with E-state index in [2.05, 4.69) is 50.8 Å². The summed E-state index contributed by atoms with van der Waals surface area (Å²) in [4.78, 5) is 0. The molecule has 0 radical (unpaired) electrons. The largest absolute Gasteiger partial charge is 0.388 e. The van der Waals surface area contributed by atoms with Crippen molar-refractivity contribution in [3.8, 4) is 11.1 Å². The fraction of sp³-hybridized carbons (Fsp3) is 0.100. The predicted octanol–water partition coefficient (Wildman–Crippen LogP) is 6.54. The second-order valence-electron chi connectivity index (χ2n) is 5.09. The maximum absolute atomic E-state index is 5.84. The summed E-state index contributed by atoms with van der Waals surface area (Å²) < 4.78 is 1.11. The van der Waals surface area contributed by atoms with Crippen molar-refractivity contribution in [1.82, 2.24) is 0 Å². The lowest BCUT2D eigenvalue weighted by Crippen LogP contribution is -1.86. The van der Waals surface area contributed by atoms with Crippen molar-refractivity contribution < 1.29 is 0 Å². The fourth-order valence-corrected chi connectivity index (χ4v) is 2.48. The van der Waals surface area contributed by atoms with Gasteiger partial charge in [-0.1, -0.05) is 51.8 Å². The normalized spacial score (nSPS) is 9.67. The Kier molecular flexibility index (Phi) is 7.16. The molecule has 4 heteroatoms. The van der Waals surface area contributed by atoms with Crippen LogP contribution < -0.4 is 10.6 Å². The molecule has 2 nitrogen and oxygen atoms in total. The van der Waals surface area contributed by atoms with Crippen LogP contribution in [0.25, 0.3) is 11.1 Å². The molecule has 0 unspecified atom stereocenters. The Morgan fingerprint density at radius 1 is 0.625 bits per heavy atom. The Bertz CT molecular complexity index is 738. The second-order valence-corrected chi connectivity index (χ2v) is 6.44. The molecule has 3 rings (SSSR count). The van der Waals surface area contributed by atoms with E-state index in [0.717, 1.165) is 20.9 Å². The van der Waals surface area contributed by atoms with Gasteiger partial charge in [0.2, 0.25) is 0 Å². The first-order valence-electron chi connectivity index (χ1n) is 7.59. The van der Waals surface area contributed by atoms with E-state index in [4.69, 9.17) is 11.6 Å². The van der Waals surface area contributed by atoms with E-state index in [1.165, 1.54) is 11.1 Å². The average Bonchev–Trinajstić information content (AvgIpc) is 2.64. The van der Waals surface area contributed by atoms with Gasteiger partial charge in [-0.05, 0) is 59.7 Å². The van der Waals surface area contributed by atoms with Gasteiger partial charge in [0.15, 0.2) is 0 Å². The fourth-order valence-electron chi connectivity index (χ4n) is 2.09. The Hall–Kier alpha value is -1.97. The first-order chi connectivity index (χ1) is 11.6. The van der Waals surface area contributed by atoms with E-state index < -0.39 is 0 Å². The van der Waals surface area contributed by atoms with Gasteiger partial charge in [0, 0.05) is 35.0 Å². The Labute approximate surface area is 157 Å². The predicted molar refractivity (Wildman–Crippen MR) is 110 cm³/mol. The number of hydrogen-bond donors (Lipinski definition) is 2. The summed E-state index contributed by atoms with van der Waals surface area (Å²) in [5, 5.41) is 6.90. The molecule has 24 heavy (non-hydrogen) atoms. The number of anilines is 2. The van der Waals surface area contributed by atoms with Gasteiger partial charge in [0.05, 0.1) is 0 Å². The van der Waals surface area contributed by atoms with Gasteiger partial charge in [-0.3, -0.25) is 0 Å². The number of halogens is 2. The zero-order valence-corrected chi connectivity index (χ0v) is 16.0. The molecule has 0 spiro atoms. The SMILES string of the molecule is CNc1ccc(-c2ccc(Cl)cc2)cc1.CNc1ccc(Br)cc1. The van der Waals surface area contributed by atoms with Crippen LogP contribution in [0, 0.1) is 0 Å². The van der Waals surface area contributed by atoms with Crippen LogP contribution in [0.5, 0.6) is 0 Å². The lowest BCUT2D eigenvalue weighted by atomic mass is 10.1. The van der Waals surface area contributed by atoms with Crippen molar-refractivity contribution in [2.24, 2.45) is 0 Å². The molecule has 124 valence electrons. The third-order valence-electron chi connectivity index (χ3n) is 3.48. The molecule has 0 heterocycles. The van der Waals surface area contributed by atoms with Gasteiger partial charge in [-0.2, -0.15) is 0 Å². The van der Waals surface area contributed by atoms with Crippen LogP contribution in [-0.2, 0) is 0 Å². The lowest BCUT2D eigenvalue weighted by molar-refractivity contribution is 1.50. The summed E-state index contributed by atoms with van der Waals surface area (Å²) >= 11 is 9.18. The summed E-state index contributed by atoms with van der Waals surface area (Å²) in [5.41, 5.74) is 4.64. The summed E-state index contributed by atoms with van der Waals surface area (Å²) in [6.45, 7) is 0. The van der Waals surface area contributed by atoms with Crippen LogP contribution in [-0.4, -0.2) is 14.1 Å². The maximum Gasteiger partial charge on any atom is 0.0406 e. The van der Waals surface area contributed by atoms with Gasteiger partial charge in [0.25, 0.3) is 0 Å². The van der Waals surface area contributed by atoms with Crippen molar-refractivity contribution in [2.45, 2.75) is 0 Å². The van der Waals surface area contributed by atoms with E-state index in [-0.39, 0.29) is 0 Å². The molecule has 0 aromatic heterocycles. The molecule has 0 amide bonds. The van der Waals surface area contributed by atoms with E-state index >= 15 is 0 Å². The maximum atomic E-state index is 5.84. The lowest BCUT2D eigenvalue weighted by Gasteiger charge is -2.03.